The molecule has 3 heteroatoms. The molecule has 0 radical (unpaired) electrons. The summed E-state index contributed by atoms with van der Waals surface area (Å²) in [5, 5.41) is 6.27. The standard InChI is InChI=1S/C15H19NOS/c1-3-11-7-8-14-13(9-11)12(10-18-14)5-4-6-15(17)16-2/h7-10H,3-6H2,1-2H3,(H,16,17). The number of aryl methyl sites for hydroxylation is 2. The third kappa shape index (κ3) is 2.91. The van der Waals surface area contributed by atoms with Crippen LogP contribution in [0, 0.1) is 0 Å². The largest absolute Gasteiger partial charge is 0.359 e. The molecule has 18 heavy (non-hydrogen) atoms. The van der Waals surface area contributed by atoms with E-state index < -0.39 is 0 Å². The number of rotatable bonds is 5. The van der Waals surface area contributed by atoms with Gasteiger partial charge in [-0.1, -0.05) is 19.1 Å². The molecule has 2 nitrogen and oxygen atoms in total. The molecule has 0 spiro atoms. The Morgan fingerprint density at radius 1 is 1.39 bits per heavy atom. The van der Waals surface area contributed by atoms with Crippen molar-refractivity contribution in [2.45, 2.75) is 32.6 Å². The Balaban J connectivity index is 2.10. The van der Waals surface area contributed by atoms with Gasteiger partial charge in [0.15, 0.2) is 0 Å². The van der Waals surface area contributed by atoms with Gasteiger partial charge in [-0.05, 0) is 47.2 Å². The van der Waals surface area contributed by atoms with Crippen LogP contribution in [0.2, 0.25) is 0 Å². The number of carbonyl (C=O) groups is 1. The van der Waals surface area contributed by atoms with Crippen LogP contribution < -0.4 is 5.32 Å². The van der Waals surface area contributed by atoms with Gasteiger partial charge in [-0.3, -0.25) is 4.79 Å². The first-order valence-corrected chi connectivity index (χ1v) is 7.32. The molecule has 0 aliphatic rings. The summed E-state index contributed by atoms with van der Waals surface area (Å²) in [4.78, 5) is 11.2. The van der Waals surface area contributed by atoms with Crippen molar-refractivity contribution in [3.8, 4) is 0 Å². The zero-order valence-corrected chi connectivity index (χ0v) is 11.8. The summed E-state index contributed by atoms with van der Waals surface area (Å²) in [5.41, 5.74) is 2.77. The number of thiophene rings is 1. The molecule has 0 atom stereocenters. The van der Waals surface area contributed by atoms with Crippen LogP contribution in [0.25, 0.3) is 10.1 Å². The highest BCUT2D eigenvalue weighted by atomic mass is 32.1. The topological polar surface area (TPSA) is 29.1 Å². The van der Waals surface area contributed by atoms with E-state index in [1.165, 1.54) is 21.2 Å². The first kappa shape index (κ1) is 13.1. The number of nitrogens with one attached hydrogen (secondary N) is 1. The van der Waals surface area contributed by atoms with E-state index in [9.17, 15) is 4.79 Å². The average Bonchev–Trinajstić information content (AvgIpc) is 2.81. The fourth-order valence-corrected chi connectivity index (χ4v) is 3.08. The summed E-state index contributed by atoms with van der Waals surface area (Å²) < 4.78 is 1.35. The summed E-state index contributed by atoms with van der Waals surface area (Å²) in [6.45, 7) is 2.18. The fourth-order valence-electron chi connectivity index (χ4n) is 2.11. The molecular formula is C15H19NOS. The lowest BCUT2D eigenvalue weighted by molar-refractivity contribution is -0.120. The lowest BCUT2D eigenvalue weighted by Gasteiger charge is -2.02. The summed E-state index contributed by atoms with van der Waals surface area (Å²) in [7, 11) is 1.69. The minimum Gasteiger partial charge on any atom is -0.359 e. The molecule has 2 aromatic rings. The number of hydrogen-bond donors (Lipinski definition) is 1. The van der Waals surface area contributed by atoms with Crippen molar-refractivity contribution >= 4 is 27.3 Å². The predicted octanol–water partition coefficient (Wildman–Crippen LogP) is 3.53. The molecule has 0 unspecified atom stereocenters. The first-order chi connectivity index (χ1) is 8.74. The fraction of sp³-hybridized carbons (Fsp3) is 0.400. The number of amides is 1. The van der Waals surface area contributed by atoms with E-state index in [1.807, 2.05) is 0 Å². The van der Waals surface area contributed by atoms with Gasteiger partial charge in [-0.15, -0.1) is 11.3 Å². The van der Waals surface area contributed by atoms with Crippen molar-refractivity contribution in [2.24, 2.45) is 0 Å². The lowest BCUT2D eigenvalue weighted by Crippen LogP contribution is -2.17. The first-order valence-electron chi connectivity index (χ1n) is 6.44. The molecule has 1 heterocycles. The summed E-state index contributed by atoms with van der Waals surface area (Å²) >= 11 is 1.80. The molecule has 96 valence electrons. The van der Waals surface area contributed by atoms with Crippen molar-refractivity contribution < 1.29 is 4.79 Å². The molecule has 0 bridgehead atoms. The Labute approximate surface area is 112 Å². The van der Waals surface area contributed by atoms with E-state index in [0.29, 0.717) is 6.42 Å². The Hall–Kier alpha value is -1.35. The summed E-state index contributed by atoms with van der Waals surface area (Å²) in [6, 6.07) is 6.70. The van der Waals surface area contributed by atoms with Crippen LogP contribution in [0.3, 0.4) is 0 Å². The Bertz CT molecular complexity index is 544. The lowest BCUT2D eigenvalue weighted by atomic mass is 10.0. The normalized spacial score (nSPS) is 10.8. The van der Waals surface area contributed by atoms with Gasteiger partial charge in [0.05, 0.1) is 0 Å². The van der Waals surface area contributed by atoms with E-state index in [4.69, 9.17) is 0 Å². The third-order valence-corrected chi connectivity index (χ3v) is 4.27. The van der Waals surface area contributed by atoms with Gasteiger partial charge in [-0.2, -0.15) is 0 Å². The molecule has 0 aliphatic heterocycles. The molecule has 2 rings (SSSR count). The molecule has 1 aromatic carbocycles. The zero-order chi connectivity index (χ0) is 13.0. The second kappa shape index (κ2) is 6.01. The minimum atomic E-state index is 0.129. The second-order valence-corrected chi connectivity index (χ2v) is 5.38. The van der Waals surface area contributed by atoms with Crippen molar-refractivity contribution in [1.29, 1.82) is 0 Å². The molecule has 0 aliphatic carbocycles. The molecule has 0 fully saturated rings. The van der Waals surface area contributed by atoms with Gasteiger partial charge < -0.3 is 5.32 Å². The van der Waals surface area contributed by atoms with Gasteiger partial charge >= 0.3 is 0 Å². The number of fused-ring (bicyclic) bond motifs is 1. The van der Waals surface area contributed by atoms with Crippen LogP contribution in [-0.4, -0.2) is 13.0 Å². The predicted molar refractivity (Wildman–Crippen MR) is 78.2 cm³/mol. The van der Waals surface area contributed by atoms with Crippen LogP contribution in [0.15, 0.2) is 23.6 Å². The van der Waals surface area contributed by atoms with Crippen LogP contribution in [0.1, 0.15) is 30.9 Å². The summed E-state index contributed by atoms with van der Waals surface area (Å²) in [5.74, 6) is 0.129. The highest BCUT2D eigenvalue weighted by Crippen LogP contribution is 2.28. The van der Waals surface area contributed by atoms with Crippen LogP contribution in [-0.2, 0) is 17.6 Å². The maximum absolute atomic E-state index is 11.2. The van der Waals surface area contributed by atoms with Crippen LogP contribution in [0.4, 0.5) is 0 Å². The van der Waals surface area contributed by atoms with Crippen molar-refractivity contribution in [1.82, 2.24) is 5.32 Å². The molecule has 1 amide bonds. The SMILES string of the molecule is CCc1ccc2scc(CCCC(=O)NC)c2c1. The van der Waals surface area contributed by atoms with E-state index in [1.54, 1.807) is 18.4 Å². The maximum Gasteiger partial charge on any atom is 0.219 e. The molecule has 0 saturated carbocycles. The van der Waals surface area contributed by atoms with Crippen LogP contribution in [0.5, 0.6) is 0 Å². The number of hydrogen-bond acceptors (Lipinski definition) is 2. The molecular weight excluding hydrogens is 242 g/mol. The smallest absolute Gasteiger partial charge is 0.219 e. The van der Waals surface area contributed by atoms with Gasteiger partial charge in [0.1, 0.15) is 0 Å². The van der Waals surface area contributed by atoms with E-state index >= 15 is 0 Å². The Morgan fingerprint density at radius 2 is 2.22 bits per heavy atom. The van der Waals surface area contributed by atoms with Crippen molar-refractivity contribution in [3.05, 3.63) is 34.7 Å². The minimum absolute atomic E-state index is 0.129. The monoisotopic (exact) mass is 261 g/mol. The number of benzene rings is 1. The third-order valence-electron chi connectivity index (χ3n) is 3.26. The Kier molecular flexibility index (Phi) is 4.37. The van der Waals surface area contributed by atoms with Gasteiger partial charge in [-0.25, -0.2) is 0 Å². The molecule has 1 N–H and O–H groups in total. The molecule has 1 aromatic heterocycles. The summed E-state index contributed by atoms with van der Waals surface area (Å²) in [6.07, 6.45) is 3.59. The molecule has 0 saturated heterocycles. The number of carbonyl (C=O) groups excluding carboxylic acids is 1. The maximum atomic E-state index is 11.2. The van der Waals surface area contributed by atoms with E-state index in [-0.39, 0.29) is 5.91 Å². The highest BCUT2D eigenvalue weighted by molar-refractivity contribution is 7.17. The van der Waals surface area contributed by atoms with Crippen molar-refractivity contribution in [2.75, 3.05) is 7.05 Å². The van der Waals surface area contributed by atoms with E-state index in [2.05, 4.69) is 35.8 Å². The highest BCUT2D eigenvalue weighted by Gasteiger charge is 2.06. The average molecular weight is 261 g/mol. The van der Waals surface area contributed by atoms with E-state index in [0.717, 1.165) is 19.3 Å². The zero-order valence-electron chi connectivity index (χ0n) is 11.0. The van der Waals surface area contributed by atoms with Crippen molar-refractivity contribution in [3.63, 3.8) is 0 Å². The van der Waals surface area contributed by atoms with Gasteiger partial charge in [0, 0.05) is 18.2 Å². The van der Waals surface area contributed by atoms with Crippen LogP contribution >= 0.6 is 11.3 Å². The van der Waals surface area contributed by atoms with Gasteiger partial charge in [0.2, 0.25) is 5.91 Å². The quantitative estimate of drug-likeness (QED) is 0.876. The Morgan fingerprint density at radius 3 is 2.94 bits per heavy atom. The van der Waals surface area contributed by atoms with Gasteiger partial charge in [0.25, 0.3) is 0 Å². The second-order valence-electron chi connectivity index (χ2n) is 4.47.